The number of carbonyl (C=O) groups is 2. The van der Waals surface area contributed by atoms with E-state index in [1.165, 1.54) is 11.8 Å². The van der Waals surface area contributed by atoms with Crippen molar-refractivity contribution in [3.63, 3.8) is 0 Å². The van der Waals surface area contributed by atoms with Crippen LogP contribution in [0, 0.1) is 6.92 Å². The van der Waals surface area contributed by atoms with Crippen molar-refractivity contribution in [3.05, 3.63) is 23.0 Å². The van der Waals surface area contributed by atoms with E-state index in [4.69, 9.17) is 4.74 Å². The molecule has 1 N–H and O–H groups in total. The van der Waals surface area contributed by atoms with Crippen LogP contribution in [-0.2, 0) is 16.0 Å². The predicted octanol–water partition coefficient (Wildman–Crippen LogP) is 1.13. The van der Waals surface area contributed by atoms with Gasteiger partial charge < -0.3 is 14.6 Å². The first kappa shape index (κ1) is 13.3. The second-order valence-corrected chi connectivity index (χ2v) is 4.11. The summed E-state index contributed by atoms with van der Waals surface area (Å²) in [5, 5.41) is 0. The number of nitrogens with one attached hydrogen (secondary N) is 1. The molecule has 0 saturated heterocycles. The third-order valence-corrected chi connectivity index (χ3v) is 2.49. The highest BCUT2D eigenvalue weighted by Gasteiger charge is 2.17. The molecule has 1 rings (SSSR count). The van der Waals surface area contributed by atoms with E-state index in [0.29, 0.717) is 18.7 Å². The smallest absolute Gasteiger partial charge is 0.302 e. The second kappa shape index (κ2) is 5.52. The SMILES string of the molecule is CC(=O)OCCc1c(C)c[nH]c1C(=O)N(C)C. The van der Waals surface area contributed by atoms with Gasteiger partial charge in [-0.05, 0) is 18.1 Å². The fourth-order valence-electron chi connectivity index (χ4n) is 1.59. The molecule has 0 aliphatic carbocycles. The van der Waals surface area contributed by atoms with Crippen LogP contribution >= 0.6 is 0 Å². The number of carbonyl (C=O) groups excluding carboxylic acids is 2. The Bertz CT molecular complexity index is 421. The van der Waals surface area contributed by atoms with Gasteiger partial charge in [0.15, 0.2) is 0 Å². The lowest BCUT2D eigenvalue weighted by atomic mass is 10.1. The van der Waals surface area contributed by atoms with Gasteiger partial charge in [0, 0.05) is 33.6 Å². The molecule has 0 spiro atoms. The first-order valence-corrected chi connectivity index (χ1v) is 5.45. The molecule has 0 aromatic carbocycles. The largest absolute Gasteiger partial charge is 0.466 e. The molecule has 0 radical (unpaired) electrons. The first-order valence-electron chi connectivity index (χ1n) is 5.45. The molecule has 0 atom stereocenters. The Balaban J connectivity index is 2.80. The van der Waals surface area contributed by atoms with Crippen LogP contribution in [0.25, 0.3) is 0 Å². The lowest BCUT2D eigenvalue weighted by Gasteiger charge is -2.11. The molecule has 5 nitrogen and oxygen atoms in total. The van der Waals surface area contributed by atoms with Gasteiger partial charge in [0.25, 0.3) is 5.91 Å². The number of rotatable bonds is 4. The normalized spacial score (nSPS) is 10.1. The van der Waals surface area contributed by atoms with E-state index in [-0.39, 0.29) is 11.9 Å². The van der Waals surface area contributed by atoms with E-state index in [0.717, 1.165) is 11.1 Å². The maximum atomic E-state index is 11.9. The minimum absolute atomic E-state index is 0.0732. The van der Waals surface area contributed by atoms with Crippen molar-refractivity contribution in [1.82, 2.24) is 9.88 Å². The van der Waals surface area contributed by atoms with Crippen LogP contribution in [0.2, 0.25) is 0 Å². The molecule has 0 aliphatic heterocycles. The molecule has 17 heavy (non-hydrogen) atoms. The fraction of sp³-hybridized carbons (Fsp3) is 0.500. The van der Waals surface area contributed by atoms with E-state index in [2.05, 4.69) is 4.98 Å². The fourth-order valence-corrected chi connectivity index (χ4v) is 1.59. The molecule has 1 amide bonds. The third-order valence-electron chi connectivity index (χ3n) is 2.49. The van der Waals surface area contributed by atoms with Gasteiger partial charge >= 0.3 is 5.97 Å². The Labute approximate surface area is 101 Å². The van der Waals surface area contributed by atoms with Gasteiger partial charge in [0.2, 0.25) is 0 Å². The van der Waals surface area contributed by atoms with Gasteiger partial charge in [0.1, 0.15) is 5.69 Å². The van der Waals surface area contributed by atoms with E-state index >= 15 is 0 Å². The van der Waals surface area contributed by atoms with Gasteiger partial charge in [-0.3, -0.25) is 9.59 Å². The van der Waals surface area contributed by atoms with Gasteiger partial charge in [-0.1, -0.05) is 0 Å². The summed E-state index contributed by atoms with van der Waals surface area (Å²) in [7, 11) is 3.41. The van der Waals surface area contributed by atoms with Crippen LogP contribution in [0.3, 0.4) is 0 Å². The average Bonchev–Trinajstić information content (AvgIpc) is 2.59. The molecule has 1 aromatic heterocycles. The summed E-state index contributed by atoms with van der Waals surface area (Å²) >= 11 is 0. The number of aromatic amines is 1. The highest BCUT2D eigenvalue weighted by Crippen LogP contribution is 2.15. The van der Waals surface area contributed by atoms with E-state index in [1.807, 2.05) is 6.92 Å². The molecule has 0 bridgehead atoms. The highest BCUT2D eigenvalue weighted by atomic mass is 16.5. The van der Waals surface area contributed by atoms with Gasteiger partial charge in [-0.15, -0.1) is 0 Å². The van der Waals surface area contributed by atoms with Crippen LogP contribution < -0.4 is 0 Å². The summed E-state index contributed by atoms with van der Waals surface area (Å²) < 4.78 is 4.89. The molecule has 1 heterocycles. The zero-order chi connectivity index (χ0) is 13.0. The van der Waals surface area contributed by atoms with E-state index in [1.54, 1.807) is 20.3 Å². The minimum atomic E-state index is -0.307. The predicted molar refractivity (Wildman–Crippen MR) is 63.9 cm³/mol. The molecule has 5 heteroatoms. The van der Waals surface area contributed by atoms with Crippen LogP contribution in [0.15, 0.2) is 6.20 Å². The monoisotopic (exact) mass is 238 g/mol. The van der Waals surface area contributed by atoms with E-state index in [9.17, 15) is 9.59 Å². The lowest BCUT2D eigenvalue weighted by molar-refractivity contribution is -0.140. The Hall–Kier alpha value is -1.78. The highest BCUT2D eigenvalue weighted by molar-refractivity contribution is 5.94. The van der Waals surface area contributed by atoms with Crippen molar-refractivity contribution >= 4 is 11.9 Å². The number of hydrogen-bond donors (Lipinski definition) is 1. The van der Waals surface area contributed by atoms with E-state index < -0.39 is 0 Å². The quantitative estimate of drug-likeness (QED) is 0.800. The Morgan fingerprint density at radius 1 is 1.41 bits per heavy atom. The van der Waals surface area contributed by atoms with Gasteiger partial charge in [-0.2, -0.15) is 0 Å². The van der Waals surface area contributed by atoms with Crippen molar-refractivity contribution in [2.24, 2.45) is 0 Å². The molecule has 1 aromatic rings. The summed E-state index contributed by atoms with van der Waals surface area (Å²) in [6, 6.07) is 0. The number of hydrogen-bond acceptors (Lipinski definition) is 3. The zero-order valence-electron chi connectivity index (χ0n) is 10.7. The maximum absolute atomic E-state index is 11.9. The second-order valence-electron chi connectivity index (χ2n) is 4.11. The summed E-state index contributed by atoms with van der Waals surface area (Å²) in [5.74, 6) is -0.380. The average molecular weight is 238 g/mol. The molecule has 94 valence electrons. The van der Waals surface area contributed by atoms with Crippen molar-refractivity contribution in [2.45, 2.75) is 20.3 Å². The van der Waals surface area contributed by atoms with Crippen LogP contribution in [0.1, 0.15) is 28.5 Å². The summed E-state index contributed by atoms with van der Waals surface area (Å²) in [6.07, 6.45) is 2.34. The van der Waals surface area contributed by atoms with Crippen LogP contribution in [0.4, 0.5) is 0 Å². The number of amides is 1. The Morgan fingerprint density at radius 3 is 2.59 bits per heavy atom. The number of aromatic nitrogens is 1. The molecule has 0 saturated carbocycles. The summed E-state index contributed by atoms with van der Waals surface area (Å²) in [6.45, 7) is 3.59. The first-order chi connectivity index (χ1) is 7.93. The Kier molecular flexibility index (Phi) is 4.31. The molecule has 0 aliphatic rings. The molecule has 0 fully saturated rings. The summed E-state index contributed by atoms with van der Waals surface area (Å²) in [4.78, 5) is 27.0. The maximum Gasteiger partial charge on any atom is 0.302 e. The number of aryl methyl sites for hydroxylation is 1. The molecular formula is C12H18N2O3. The molecule has 0 unspecified atom stereocenters. The standard InChI is InChI=1S/C12H18N2O3/c1-8-7-13-11(12(16)14(3)4)10(8)5-6-17-9(2)15/h7,13H,5-6H2,1-4H3. The lowest BCUT2D eigenvalue weighted by Crippen LogP contribution is -2.23. The van der Waals surface area contributed by atoms with Gasteiger partial charge in [-0.25, -0.2) is 0 Å². The minimum Gasteiger partial charge on any atom is -0.466 e. The van der Waals surface area contributed by atoms with Crippen LogP contribution in [0.5, 0.6) is 0 Å². The van der Waals surface area contributed by atoms with Crippen molar-refractivity contribution in [1.29, 1.82) is 0 Å². The van der Waals surface area contributed by atoms with Crippen molar-refractivity contribution in [3.8, 4) is 0 Å². The van der Waals surface area contributed by atoms with Gasteiger partial charge in [0.05, 0.1) is 6.61 Å². The number of esters is 1. The van der Waals surface area contributed by atoms with Crippen molar-refractivity contribution < 1.29 is 14.3 Å². The number of ether oxygens (including phenoxy) is 1. The van der Waals surface area contributed by atoms with Crippen LogP contribution in [-0.4, -0.2) is 42.5 Å². The third kappa shape index (κ3) is 3.34. The molecular weight excluding hydrogens is 220 g/mol. The number of H-pyrrole nitrogens is 1. The Morgan fingerprint density at radius 2 is 2.06 bits per heavy atom. The van der Waals surface area contributed by atoms with Crippen molar-refractivity contribution in [2.75, 3.05) is 20.7 Å². The number of nitrogens with zero attached hydrogens (tertiary/aromatic N) is 1. The topological polar surface area (TPSA) is 62.4 Å². The zero-order valence-corrected chi connectivity index (χ0v) is 10.7. The summed E-state index contributed by atoms with van der Waals surface area (Å²) in [5.41, 5.74) is 2.48.